The first-order valence-electron chi connectivity index (χ1n) is 7.65. The number of anilines is 2. The van der Waals surface area contributed by atoms with Gasteiger partial charge in [0, 0.05) is 23.7 Å². The molecule has 1 aromatic carbocycles. The van der Waals surface area contributed by atoms with Gasteiger partial charge in [0.25, 0.3) is 5.91 Å². The molecule has 0 fully saturated rings. The molecule has 3 rings (SSSR count). The van der Waals surface area contributed by atoms with E-state index in [9.17, 15) is 4.79 Å². The molecule has 128 valence electrons. The Balaban J connectivity index is 1.57. The lowest BCUT2D eigenvalue weighted by Gasteiger charge is -2.06. The van der Waals surface area contributed by atoms with Crippen molar-refractivity contribution in [3.8, 4) is 0 Å². The Morgan fingerprint density at radius 1 is 1.20 bits per heavy atom. The molecule has 0 saturated heterocycles. The summed E-state index contributed by atoms with van der Waals surface area (Å²) in [4.78, 5) is 20.3. The molecule has 7 nitrogen and oxygen atoms in total. The Morgan fingerprint density at radius 3 is 2.84 bits per heavy atom. The molecule has 0 bridgehead atoms. The van der Waals surface area contributed by atoms with E-state index in [-0.39, 0.29) is 11.6 Å². The topological polar surface area (TPSA) is 92.9 Å². The molecule has 8 heteroatoms. The predicted octanol–water partition coefficient (Wildman–Crippen LogP) is 3.14. The number of rotatable bonds is 6. The molecule has 0 saturated carbocycles. The van der Waals surface area contributed by atoms with Crippen LogP contribution in [0.4, 0.5) is 11.6 Å². The Hall–Kier alpha value is -2.93. The van der Waals surface area contributed by atoms with Crippen LogP contribution in [0.25, 0.3) is 0 Å². The molecular formula is C17H16ClN5O2. The lowest BCUT2D eigenvalue weighted by molar-refractivity contribution is 0.0949. The zero-order chi connectivity index (χ0) is 17.6. The molecule has 0 aliphatic heterocycles. The first-order chi connectivity index (χ1) is 12.1. The van der Waals surface area contributed by atoms with Gasteiger partial charge in [0.2, 0.25) is 0 Å². The lowest BCUT2D eigenvalue weighted by Crippen LogP contribution is -2.26. The third kappa shape index (κ3) is 4.77. The van der Waals surface area contributed by atoms with E-state index < -0.39 is 0 Å². The van der Waals surface area contributed by atoms with Crippen LogP contribution >= 0.6 is 11.6 Å². The maximum atomic E-state index is 12.2. The van der Waals surface area contributed by atoms with E-state index in [1.54, 1.807) is 19.1 Å². The Bertz CT molecular complexity index is 881. The van der Waals surface area contributed by atoms with Crippen molar-refractivity contribution >= 4 is 29.1 Å². The van der Waals surface area contributed by atoms with Crippen molar-refractivity contribution in [2.75, 3.05) is 11.9 Å². The highest BCUT2D eigenvalue weighted by atomic mass is 35.5. The van der Waals surface area contributed by atoms with Crippen molar-refractivity contribution in [3.05, 3.63) is 64.8 Å². The quantitative estimate of drug-likeness (QED) is 0.704. The monoisotopic (exact) mass is 357 g/mol. The molecule has 0 atom stereocenters. The van der Waals surface area contributed by atoms with Crippen LogP contribution in [0.5, 0.6) is 0 Å². The number of nitrogens with zero attached hydrogens (tertiary/aromatic N) is 3. The number of aromatic nitrogens is 3. The maximum absolute atomic E-state index is 12.2. The summed E-state index contributed by atoms with van der Waals surface area (Å²) in [5.41, 5.74) is 1.32. The van der Waals surface area contributed by atoms with Crippen molar-refractivity contribution in [2.24, 2.45) is 0 Å². The first kappa shape index (κ1) is 16.9. The van der Waals surface area contributed by atoms with E-state index in [2.05, 4.69) is 25.8 Å². The van der Waals surface area contributed by atoms with Gasteiger partial charge in [-0.3, -0.25) is 4.79 Å². The fourth-order valence-electron chi connectivity index (χ4n) is 2.21. The molecule has 0 radical (unpaired) electrons. The standard InChI is InChI=1S/C17H16ClN5O2/c1-11-7-16(23-25-11)22-15-9-14(20-10-21-15)17(24)19-6-5-12-3-2-4-13(18)8-12/h2-4,7-10H,5-6H2,1H3,(H,19,24)(H,20,21,22,23). The van der Waals surface area contributed by atoms with Crippen molar-refractivity contribution in [1.82, 2.24) is 20.4 Å². The minimum Gasteiger partial charge on any atom is -0.360 e. The number of hydrogen-bond acceptors (Lipinski definition) is 6. The summed E-state index contributed by atoms with van der Waals surface area (Å²) in [6.07, 6.45) is 2.00. The van der Waals surface area contributed by atoms with Crippen LogP contribution in [0, 0.1) is 6.92 Å². The number of aryl methyl sites for hydroxylation is 1. The van der Waals surface area contributed by atoms with Crippen LogP contribution in [0.15, 0.2) is 47.2 Å². The summed E-state index contributed by atoms with van der Waals surface area (Å²) in [6, 6.07) is 10.8. The Morgan fingerprint density at radius 2 is 2.08 bits per heavy atom. The van der Waals surface area contributed by atoms with Gasteiger partial charge in [-0.25, -0.2) is 9.97 Å². The first-order valence-corrected chi connectivity index (χ1v) is 8.03. The third-order valence-electron chi connectivity index (χ3n) is 3.37. The SMILES string of the molecule is Cc1cc(Nc2cc(C(=O)NCCc3cccc(Cl)c3)ncn2)no1. The fraction of sp³-hybridized carbons (Fsp3) is 0.176. The molecule has 0 spiro atoms. The van der Waals surface area contributed by atoms with Gasteiger partial charge >= 0.3 is 0 Å². The summed E-state index contributed by atoms with van der Waals surface area (Å²) >= 11 is 5.94. The van der Waals surface area contributed by atoms with Gasteiger partial charge in [0.15, 0.2) is 5.82 Å². The second kappa shape index (κ2) is 7.76. The highest BCUT2D eigenvalue weighted by Gasteiger charge is 2.09. The predicted molar refractivity (Wildman–Crippen MR) is 94.0 cm³/mol. The van der Waals surface area contributed by atoms with E-state index in [1.165, 1.54) is 6.33 Å². The summed E-state index contributed by atoms with van der Waals surface area (Å²) in [5, 5.41) is 10.3. The van der Waals surface area contributed by atoms with Crippen LogP contribution < -0.4 is 10.6 Å². The van der Waals surface area contributed by atoms with Gasteiger partial charge in [-0.1, -0.05) is 28.9 Å². The number of nitrogens with one attached hydrogen (secondary N) is 2. The smallest absolute Gasteiger partial charge is 0.270 e. The molecule has 0 unspecified atom stereocenters. The molecule has 0 aliphatic carbocycles. The van der Waals surface area contributed by atoms with E-state index in [4.69, 9.17) is 16.1 Å². The minimum atomic E-state index is -0.274. The van der Waals surface area contributed by atoms with Crippen molar-refractivity contribution in [1.29, 1.82) is 0 Å². The molecule has 2 aromatic heterocycles. The lowest BCUT2D eigenvalue weighted by atomic mass is 10.1. The Labute approximate surface area is 149 Å². The number of halogens is 1. The summed E-state index contributed by atoms with van der Waals surface area (Å²) < 4.78 is 4.97. The molecular weight excluding hydrogens is 342 g/mol. The van der Waals surface area contributed by atoms with E-state index in [0.29, 0.717) is 35.4 Å². The average molecular weight is 358 g/mol. The van der Waals surface area contributed by atoms with Crippen LogP contribution in [0.1, 0.15) is 21.8 Å². The fourth-order valence-corrected chi connectivity index (χ4v) is 2.42. The van der Waals surface area contributed by atoms with Gasteiger partial charge in [0.1, 0.15) is 23.6 Å². The van der Waals surface area contributed by atoms with Gasteiger partial charge in [0.05, 0.1) is 0 Å². The van der Waals surface area contributed by atoms with E-state index >= 15 is 0 Å². The normalized spacial score (nSPS) is 10.5. The number of carbonyl (C=O) groups excluding carboxylic acids is 1. The highest BCUT2D eigenvalue weighted by molar-refractivity contribution is 6.30. The summed E-state index contributed by atoms with van der Waals surface area (Å²) in [7, 11) is 0. The number of carbonyl (C=O) groups is 1. The molecule has 0 aliphatic rings. The van der Waals surface area contributed by atoms with Crippen LogP contribution in [-0.4, -0.2) is 27.6 Å². The molecule has 3 aromatic rings. The molecule has 2 heterocycles. The second-order valence-corrected chi connectivity index (χ2v) is 5.81. The van der Waals surface area contributed by atoms with Gasteiger partial charge in [-0.05, 0) is 31.0 Å². The molecule has 25 heavy (non-hydrogen) atoms. The zero-order valence-electron chi connectivity index (χ0n) is 13.5. The zero-order valence-corrected chi connectivity index (χ0v) is 14.2. The molecule has 2 N–H and O–H groups in total. The van der Waals surface area contributed by atoms with E-state index in [0.717, 1.165) is 5.56 Å². The van der Waals surface area contributed by atoms with E-state index in [1.807, 2.05) is 24.3 Å². The highest BCUT2D eigenvalue weighted by Crippen LogP contribution is 2.14. The van der Waals surface area contributed by atoms with Crippen LogP contribution in [-0.2, 0) is 6.42 Å². The number of benzene rings is 1. The molecule has 1 amide bonds. The van der Waals surface area contributed by atoms with Gasteiger partial charge in [-0.2, -0.15) is 0 Å². The minimum absolute atomic E-state index is 0.267. The average Bonchev–Trinajstić information content (AvgIpc) is 3.00. The van der Waals surface area contributed by atoms with Crippen molar-refractivity contribution < 1.29 is 9.32 Å². The third-order valence-corrected chi connectivity index (χ3v) is 3.61. The number of amides is 1. The van der Waals surface area contributed by atoms with Gasteiger partial charge in [-0.15, -0.1) is 0 Å². The van der Waals surface area contributed by atoms with Crippen LogP contribution in [0.2, 0.25) is 5.02 Å². The van der Waals surface area contributed by atoms with Crippen LogP contribution in [0.3, 0.4) is 0 Å². The van der Waals surface area contributed by atoms with Crippen molar-refractivity contribution in [2.45, 2.75) is 13.3 Å². The van der Waals surface area contributed by atoms with Gasteiger partial charge < -0.3 is 15.2 Å². The summed E-state index contributed by atoms with van der Waals surface area (Å²) in [5.74, 6) is 1.38. The Kier molecular flexibility index (Phi) is 5.25. The largest absolute Gasteiger partial charge is 0.360 e. The number of hydrogen-bond donors (Lipinski definition) is 2. The maximum Gasteiger partial charge on any atom is 0.270 e. The summed E-state index contributed by atoms with van der Waals surface area (Å²) in [6.45, 7) is 2.27. The van der Waals surface area contributed by atoms with Crippen molar-refractivity contribution in [3.63, 3.8) is 0 Å². The second-order valence-electron chi connectivity index (χ2n) is 5.37.